The summed E-state index contributed by atoms with van der Waals surface area (Å²) in [5.74, 6) is 0.758. The fraction of sp³-hybridized carbons (Fsp3) is 0.400. The topological polar surface area (TPSA) is 45.2 Å². The van der Waals surface area contributed by atoms with E-state index in [-0.39, 0.29) is 5.91 Å². The normalized spacial score (nSPS) is 15.3. The summed E-state index contributed by atoms with van der Waals surface area (Å²) >= 11 is 0. The molecule has 1 N–H and O–H groups in total. The Morgan fingerprint density at radius 2 is 1.79 bits per heavy atom. The maximum atomic E-state index is 12.5. The molecule has 1 aliphatic rings. The number of hydrogen-bond donors (Lipinski definition) is 1. The molecular formula is C20H25N3O. The SMILES string of the molecule is CCc1ccc(Nc2ccc(C(=O)N3CCC(C)CC3)nc2)cc1. The number of carbonyl (C=O) groups excluding carboxylic acids is 1. The second kappa shape index (κ2) is 7.47. The van der Waals surface area contributed by atoms with Gasteiger partial charge in [0, 0.05) is 18.8 Å². The number of carbonyl (C=O) groups is 1. The van der Waals surface area contributed by atoms with Crippen molar-refractivity contribution in [1.29, 1.82) is 0 Å². The predicted molar refractivity (Wildman–Crippen MR) is 97.6 cm³/mol. The van der Waals surface area contributed by atoms with Gasteiger partial charge in [0.05, 0.1) is 11.9 Å². The molecule has 0 radical (unpaired) electrons. The molecule has 0 bridgehead atoms. The van der Waals surface area contributed by atoms with Crippen LogP contribution >= 0.6 is 0 Å². The molecule has 1 amide bonds. The van der Waals surface area contributed by atoms with Gasteiger partial charge in [0.1, 0.15) is 5.69 Å². The second-order valence-electron chi connectivity index (χ2n) is 6.58. The van der Waals surface area contributed by atoms with E-state index in [9.17, 15) is 4.79 Å². The van der Waals surface area contributed by atoms with Gasteiger partial charge < -0.3 is 10.2 Å². The summed E-state index contributed by atoms with van der Waals surface area (Å²) in [6.07, 6.45) is 4.93. The number of piperidine rings is 1. The summed E-state index contributed by atoms with van der Waals surface area (Å²) in [6.45, 7) is 6.07. The van der Waals surface area contributed by atoms with Gasteiger partial charge in [-0.15, -0.1) is 0 Å². The van der Waals surface area contributed by atoms with Gasteiger partial charge in [-0.25, -0.2) is 4.98 Å². The van der Waals surface area contributed by atoms with E-state index in [4.69, 9.17) is 0 Å². The molecule has 2 heterocycles. The van der Waals surface area contributed by atoms with E-state index in [1.165, 1.54) is 5.56 Å². The largest absolute Gasteiger partial charge is 0.354 e. The third-order valence-electron chi connectivity index (χ3n) is 4.70. The number of pyridine rings is 1. The zero-order valence-corrected chi connectivity index (χ0v) is 14.5. The van der Waals surface area contributed by atoms with Gasteiger partial charge in [-0.1, -0.05) is 26.0 Å². The fourth-order valence-electron chi connectivity index (χ4n) is 2.96. The molecule has 4 heteroatoms. The molecule has 1 aromatic carbocycles. The van der Waals surface area contributed by atoms with Crippen molar-refractivity contribution in [1.82, 2.24) is 9.88 Å². The zero-order valence-electron chi connectivity index (χ0n) is 14.5. The summed E-state index contributed by atoms with van der Waals surface area (Å²) in [5.41, 5.74) is 3.76. The van der Waals surface area contributed by atoms with Crippen LogP contribution in [0.25, 0.3) is 0 Å². The van der Waals surface area contributed by atoms with E-state index < -0.39 is 0 Å². The Kier molecular flexibility index (Phi) is 5.14. The summed E-state index contributed by atoms with van der Waals surface area (Å²) in [6, 6.07) is 12.1. The number of likely N-dealkylation sites (tertiary alicyclic amines) is 1. The zero-order chi connectivity index (χ0) is 16.9. The summed E-state index contributed by atoms with van der Waals surface area (Å²) in [4.78, 5) is 18.8. The van der Waals surface area contributed by atoms with Crippen LogP contribution in [0.5, 0.6) is 0 Å². The highest BCUT2D eigenvalue weighted by Crippen LogP contribution is 2.20. The number of aryl methyl sites for hydroxylation is 1. The summed E-state index contributed by atoms with van der Waals surface area (Å²) in [5, 5.41) is 3.32. The van der Waals surface area contributed by atoms with Crippen molar-refractivity contribution in [2.75, 3.05) is 18.4 Å². The van der Waals surface area contributed by atoms with Crippen molar-refractivity contribution >= 4 is 17.3 Å². The minimum Gasteiger partial charge on any atom is -0.354 e. The molecule has 1 fully saturated rings. The van der Waals surface area contributed by atoms with Gasteiger partial charge in [0.2, 0.25) is 0 Å². The van der Waals surface area contributed by atoms with Crippen LogP contribution in [0, 0.1) is 5.92 Å². The Bertz CT molecular complexity index is 671. The average Bonchev–Trinajstić information content (AvgIpc) is 2.63. The number of rotatable bonds is 4. The molecule has 0 aliphatic carbocycles. The first-order valence-electron chi connectivity index (χ1n) is 8.77. The number of amides is 1. The maximum absolute atomic E-state index is 12.5. The smallest absolute Gasteiger partial charge is 0.272 e. The lowest BCUT2D eigenvalue weighted by atomic mass is 9.99. The van der Waals surface area contributed by atoms with Crippen LogP contribution in [0.3, 0.4) is 0 Å². The Morgan fingerprint density at radius 3 is 2.38 bits per heavy atom. The van der Waals surface area contributed by atoms with Crippen molar-refractivity contribution in [3.05, 3.63) is 53.9 Å². The Labute approximate surface area is 143 Å². The third kappa shape index (κ3) is 3.94. The van der Waals surface area contributed by atoms with Crippen molar-refractivity contribution in [2.45, 2.75) is 33.1 Å². The molecule has 1 saturated heterocycles. The van der Waals surface area contributed by atoms with Gasteiger partial charge in [-0.2, -0.15) is 0 Å². The first kappa shape index (κ1) is 16.5. The molecule has 0 atom stereocenters. The lowest BCUT2D eigenvalue weighted by Crippen LogP contribution is -2.38. The van der Waals surface area contributed by atoms with Gasteiger partial charge in [-0.05, 0) is 55.0 Å². The average molecular weight is 323 g/mol. The molecule has 1 aromatic heterocycles. The maximum Gasteiger partial charge on any atom is 0.272 e. The van der Waals surface area contributed by atoms with Crippen LogP contribution < -0.4 is 5.32 Å². The van der Waals surface area contributed by atoms with Crippen LogP contribution in [0.2, 0.25) is 0 Å². The van der Waals surface area contributed by atoms with Crippen molar-refractivity contribution < 1.29 is 4.79 Å². The molecule has 24 heavy (non-hydrogen) atoms. The number of anilines is 2. The van der Waals surface area contributed by atoms with E-state index in [1.807, 2.05) is 17.0 Å². The van der Waals surface area contributed by atoms with Crippen LogP contribution in [0.4, 0.5) is 11.4 Å². The van der Waals surface area contributed by atoms with Gasteiger partial charge in [0.25, 0.3) is 5.91 Å². The highest BCUT2D eigenvalue weighted by atomic mass is 16.2. The molecule has 0 unspecified atom stereocenters. The van der Waals surface area contributed by atoms with E-state index in [0.29, 0.717) is 11.6 Å². The van der Waals surface area contributed by atoms with E-state index in [0.717, 1.165) is 43.7 Å². The number of nitrogens with zero attached hydrogens (tertiary/aromatic N) is 2. The minimum atomic E-state index is 0.0424. The van der Waals surface area contributed by atoms with Crippen LogP contribution in [-0.2, 0) is 6.42 Å². The predicted octanol–water partition coefficient (Wildman–Crippen LogP) is 4.26. The molecule has 0 spiro atoms. The quantitative estimate of drug-likeness (QED) is 0.914. The van der Waals surface area contributed by atoms with Gasteiger partial charge >= 0.3 is 0 Å². The number of benzene rings is 1. The third-order valence-corrected chi connectivity index (χ3v) is 4.70. The first-order chi connectivity index (χ1) is 11.7. The molecule has 126 valence electrons. The molecular weight excluding hydrogens is 298 g/mol. The monoisotopic (exact) mass is 323 g/mol. The number of aromatic nitrogens is 1. The molecule has 3 rings (SSSR count). The van der Waals surface area contributed by atoms with Crippen molar-refractivity contribution in [3.8, 4) is 0 Å². The molecule has 4 nitrogen and oxygen atoms in total. The first-order valence-corrected chi connectivity index (χ1v) is 8.77. The summed E-state index contributed by atoms with van der Waals surface area (Å²) < 4.78 is 0. The minimum absolute atomic E-state index is 0.0424. The van der Waals surface area contributed by atoms with E-state index in [2.05, 4.69) is 48.4 Å². The van der Waals surface area contributed by atoms with Crippen LogP contribution in [0.1, 0.15) is 42.7 Å². The number of hydrogen-bond acceptors (Lipinski definition) is 3. The van der Waals surface area contributed by atoms with Crippen molar-refractivity contribution in [3.63, 3.8) is 0 Å². The highest BCUT2D eigenvalue weighted by molar-refractivity contribution is 5.92. The van der Waals surface area contributed by atoms with Gasteiger partial charge in [-0.3, -0.25) is 4.79 Å². The van der Waals surface area contributed by atoms with Gasteiger partial charge in [0.15, 0.2) is 0 Å². The van der Waals surface area contributed by atoms with Crippen LogP contribution in [0.15, 0.2) is 42.6 Å². The van der Waals surface area contributed by atoms with E-state index in [1.54, 1.807) is 6.20 Å². The Morgan fingerprint density at radius 1 is 1.12 bits per heavy atom. The molecule has 2 aromatic rings. The standard InChI is InChI=1S/C20H25N3O/c1-3-16-4-6-17(7-5-16)22-18-8-9-19(21-14-18)20(24)23-12-10-15(2)11-13-23/h4-9,14-15,22H,3,10-13H2,1-2H3. The Hall–Kier alpha value is -2.36. The van der Waals surface area contributed by atoms with Crippen LogP contribution in [-0.4, -0.2) is 28.9 Å². The highest BCUT2D eigenvalue weighted by Gasteiger charge is 2.22. The fourth-order valence-corrected chi connectivity index (χ4v) is 2.96. The van der Waals surface area contributed by atoms with Crippen molar-refractivity contribution in [2.24, 2.45) is 5.92 Å². The number of nitrogens with one attached hydrogen (secondary N) is 1. The lowest BCUT2D eigenvalue weighted by molar-refractivity contribution is 0.0691. The molecule has 0 saturated carbocycles. The second-order valence-corrected chi connectivity index (χ2v) is 6.58. The lowest BCUT2D eigenvalue weighted by Gasteiger charge is -2.30. The van der Waals surface area contributed by atoms with E-state index >= 15 is 0 Å². The molecule has 1 aliphatic heterocycles. The Balaban J connectivity index is 1.63. The summed E-state index contributed by atoms with van der Waals surface area (Å²) in [7, 11) is 0.